The van der Waals surface area contributed by atoms with E-state index in [1.54, 1.807) is 14.2 Å². The first-order valence-corrected chi connectivity index (χ1v) is 9.83. The molecule has 6 nitrogen and oxygen atoms in total. The molecule has 0 N–H and O–H groups in total. The highest BCUT2D eigenvalue weighted by Gasteiger charge is 2.19. The van der Waals surface area contributed by atoms with Crippen molar-refractivity contribution in [1.82, 2.24) is 0 Å². The third-order valence-electron chi connectivity index (χ3n) is 4.86. The van der Waals surface area contributed by atoms with Gasteiger partial charge >= 0.3 is 0 Å². The van der Waals surface area contributed by atoms with Gasteiger partial charge in [0.15, 0.2) is 11.6 Å². The Kier molecular flexibility index (Phi) is 8.02. The minimum atomic E-state index is -0.328. The lowest BCUT2D eigenvalue weighted by molar-refractivity contribution is -0.121. The zero-order valence-corrected chi connectivity index (χ0v) is 19.1. The average Bonchev–Trinajstić information content (AvgIpc) is 2.76. The second kappa shape index (κ2) is 10.5. The minimum Gasteiger partial charge on any atom is -0.496 e. The van der Waals surface area contributed by atoms with Crippen LogP contribution in [-0.4, -0.2) is 54.0 Å². The predicted octanol–water partition coefficient (Wildman–Crippen LogP) is 3.98. The molecule has 0 aliphatic heterocycles. The number of ketones is 2. The van der Waals surface area contributed by atoms with Crippen LogP contribution in [0.25, 0.3) is 5.57 Å². The Morgan fingerprint density at radius 2 is 1.29 bits per heavy atom. The highest BCUT2D eigenvalue weighted by atomic mass is 16.5. The normalized spacial score (nSPS) is 10.1. The molecule has 0 amide bonds. The Labute approximate surface area is 184 Å². The quantitative estimate of drug-likeness (QED) is 0.426. The van der Waals surface area contributed by atoms with Crippen molar-refractivity contribution in [2.45, 2.75) is 6.42 Å². The summed E-state index contributed by atoms with van der Waals surface area (Å²) in [6, 6.07) is 11.5. The van der Waals surface area contributed by atoms with E-state index in [9.17, 15) is 9.59 Å². The van der Waals surface area contributed by atoms with Crippen molar-refractivity contribution in [1.29, 1.82) is 0 Å². The molecular weight excluding hydrogens is 392 g/mol. The summed E-state index contributed by atoms with van der Waals surface area (Å²) >= 11 is 0. The minimum absolute atomic E-state index is 0.247. The zero-order chi connectivity index (χ0) is 23.1. The van der Waals surface area contributed by atoms with E-state index in [-0.39, 0.29) is 18.0 Å². The Morgan fingerprint density at radius 3 is 1.65 bits per heavy atom. The summed E-state index contributed by atoms with van der Waals surface area (Å²) in [4.78, 5) is 28.3. The van der Waals surface area contributed by atoms with Gasteiger partial charge in [0.25, 0.3) is 0 Å². The monoisotopic (exact) mass is 422 g/mol. The summed E-state index contributed by atoms with van der Waals surface area (Å²) in [6.45, 7) is 3.44. The predicted molar refractivity (Wildman–Crippen MR) is 127 cm³/mol. The van der Waals surface area contributed by atoms with Crippen molar-refractivity contribution in [3.8, 4) is 11.5 Å². The maximum absolute atomic E-state index is 12.7. The SMILES string of the molecule is C=CC(=O)CC(=O)C=C(c1ccc(N(C)C)cc1OC)c1ccc(N(C)C)cc1OC. The first kappa shape index (κ1) is 23.7. The van der Waals surface area contributed by atoms with Crippen LogP contribution in [0.5, 0.6) is 11.5 Å². The number of allylic oxidation sites excluding steroid dienone is 2. The number of nitrogens with zero attached hydrogens (tertiary/aromatic N) is 2. The summed E-state index contributed by atoms with van der Waals surface area (Å²) in [5.41, 5.74) is 3.99. The topological polar surface area (TPSA) is 59.1 Å². The van der Waals surface area contributed by atoms with Gasteiger partial charge < -0.3 is 19.3 Å². The van der Waals surface area contributed by atoms with Gasteiger partial charge in [-0.05, 0) is 42.0 Å². The third kappa shape index (κ3) is 5.75. The molecule has 164 valence electrons. The molecule has 0 heterocycles. The van der Waals surface area contributed by atoms with Crippen molar-refractivity contribution < 1.29 is 19.1 Å². The second-order valence-electron chi connectivity index (χ2n) is 7.43. The fourth-order valence-electron chi connectivity index (χ4n) is 3.12. The summed E-state index contributed by atoms with van der Waals surface area (Å²) in [5.74, 6) is 0.570. The lowest BCUT2D eigenvalue weighted by Gasteiger charge is -2.20. The molecule has 0 radical (unpaired) electrons. The summed E-state index contributed by atoms with van der Waals surface area (Å²) in [5, 5.41) is 0. The van der Waals surface area contributed by atoms with E-state index < -0.39 is 0 Å². The molecule has 0 spiro atoms. The highest BCUT2D eigenvalue weighted by Crippen LogP contribution is 2.39. The van der Waals surface area contributed by atoms with Crippen molar-refractivity contribution in [2.75, 3.05) is 52.2 Å². The number of carbonyl (C=O) groups excluding carboxylic acids is 2. The molecule has 0 aromatic heterocycles. The van der Waals surface area contributed by atoms with Crippen LogP contribution >= 0.6 is 0 Å². The molecule has 0 atom stereocenters. The van der Waals surface area contributed by atoms with Crippen molar-refractivity contribution in [2.24, 2.45) is 0 Å². The molecule has 2 aromatic carbocycles. The van der Waals surface area contributed by atoms with Crippen LogP contribution in [0.4, 0.5) is 11.4 Å². The second-order valence-corrected chi connectivity index (χ2v) is 7.43. The fraction of sp³-hybridized carbons (Fsp3) is 0.280. The number of ether oxygens (including phenoxy) is 2. The summed E-state index contributed by atoms with van der Waals surface area (Å²) < 4.78 is 11.3. The van der Waals surface area contributed by atoms with Gasteiger partial charge in [-0.2, -0.15) is 0 Å². The Bertz CT molecular complexity index is 945. The van der Waals surface area contributed by atoms with Gasteiger partial charge in [-0.15, -0.1) is 0 Å². The largest absolute Gasteiger partial charge is 0.496 e. The van der Waals surface area contributed by atoms with Gasteiger partial charge in [0.05, 0.1) is 20.6 Å². The van der Waals surface area contributed by atoms with Gasteiger partial charge in [0.1, 0.15) is 11.5 Å². The van der Waals surface area contributed by atoms with Crippen LogP contribution in [0.2, 0.25) is 0 Å². The van der Waals surface area contributed by atoms with Gasteiger partial charge in [-0.1, -0.05) is 6.58 Å². The molecule has 0 aliphatic rings. The van der Waals surface area contributed by atoms with Crippen LogP contribution in [0, 0.1) is 0 Å². The fourth-order valence-corrected chi connectivity index (χ4v) is 3.12. The molecule has 0 fully saturated rings. The van der Waals surface area contributed by atoms with Gasteiger partial charge in [0, 0.05) is 62.8 Å². The van der Waals surface area contributed by atoms with E-state index in [4.69, 9.17) is 9.47 Å². The van der Waals surface area contributed by atoms with Crippen molar-refractivity contribution >= 4 is 28.5 Å². The van der Waals surface area contributed by atoms with E-state index in [0.29, 0.717) is 17.1 Å². The number of anilines is 2. The zero-order valence-electron chi connectivity index (χ0n) is 19.1. The van der Waals surface area contributed by atoms with E-state index in [0.717, 1.165) is 28.6 Å². The van der Waals surface area contributed by atoms with E-state index >= 15 is 0 Å². The third-order valence-corrected chi connectivity index (χ3v) is 4.86. The number of rotatable bonds is 10. The highest BCUT2D eigenvalue weighted by molar-refractivity contribution is 6.12. The smallest absolute Gasteiger partial charge is 0.164 e. The van der Waals surface area contributed by atoms with Crippen LogP contribution in [0.1, 0.15) is 17.5 Å². The molecule has 31 heavy (non-hydrogen) atoms. The van der Waals surface area contributed by atoms with Crippen LogP contribution in [0.3, 0.4) is 0 Å². The molecular formula is C25H30N2O4. The lowest BCUT2D eigenvalue weighted by atomic mass is 9.93. The number of carbonyl (C=O) groups is 2. The number of hydrogen-bond donors (Lipinski definition) is 0. The first-order chi connectivity index (χ1) is 14.7. The van der Waals surface area contributed by atoms with Crippen molar-refractivity contribution in [3.63, 3.8) is 0 Å². The maximum atomic E-state index is 12.7. The Hall–Kier alpha value is -3.54. The van der Waals surface area contributed by atoms with E-state index in [2.05, 4.69) is 6.58 Å². The lowest BCUT2D eigenvalue weighted by Crippen LogP contribution is -2.10. The molecule has 0 saturated carbocycles. The van der Waals surface area contributed by atoms with E-state index in [1.165, 1.54) is 6.08 Å². The van der Waals surface area contributed by atoms with E-state index in [1.807, 2.05) is 74.4 Å². The number of benzene rings is 2. The standard InChI is InChI=1S/C25H30N2O4/c1-8-19(28)15-20(29)16-23(21-11-9-17(26(2)3)13-24(21)30-6)22-12-10-18(27(4)5)14-25(22)31-7/h8-14,16H,1,15H2,2-7H3. The number of hydrogen-bond acceptors (Lipinski definition) is 6. The van der Waals surface area contributed by atoms with Gasteiger partial charge in [0.2, 0.25) is 0 Å². The molecule has 0 bridgehead atoms. The molecule has 0 saturated heterocycles. The van der Waals surface area contributed by atoms with Crippen molar-refractivity contribution in [3.05, 3.63) is 66.3 Å². The molecule has 6 heteroatoms. The van der Waals surface area contributed by atoms with Crippen LogP contribution < -0.4 is 19.3 Å². The van der Waals surface area contributed by atoms with Gasteiger partial charge in [-0.3, -0.25) is 9.59 Å². The molecule has 0 aliphatic carbocycles. The average molecular weight is 423 g/mol. The summed E-state index contributed by atoms with van der Waals surface area (Å²) in [6.07, 6.45) is 2.38. The Balaban J connectivity index is 2.73. The molecule has 2 rings (SSSR count). The molecule has 0 unspecified atom stereocenters. The molecule has 2 aromatic rings. The summed E-state index contributed by atoms with van der Waals surface area (Å²) in [7, 11) is 10.9. The Morgan fingerprint density at radius 1 is 0.839 bits per heavy atom. The van der Waals surface area contributed by atoms with Crippen LogP contribution in [0.15, 0.2) is 55.1 Å². The number of methoxy groups -OCH3 is 2. The van der Waals surface area contributed by atoms with Crippen LogP contribution in [-0.2, 0) is 9.59 Å². The maximum Gasteiger partial charge on any atom is 0.164 e. The van der Waals surface area contributed by atoms with Gasteiger partial charge in [-0.25, -0.2) is 0 Å². The first-order valence-electron chi connectivity index (χ1n) is 9.83.